The minimum absolute atomic E-state index is 0.0612. The third kappa shape index (κ3) is 2.46. The maximum Gasteiger partial charge on any atom is 0.228 e. The number of hydrogen-bond acceptors (Lipinski definition) is 2. The van der Waals surface area contributed by atoms with Crippen molar-refractivity contribution in [2.24, 2.45) is 5.92 Å². The summed E-state index contributed by atoms with van der Waals surface area (Å²) in [6, 6.07) is 6.80. The molecule has 1 amide bonds. The number of benzene rings is 1. The summed E-state index contributed by atoms with van der Waals surface area (Å²) in [5, 5.41) is 4.43. The molecule has 1 aliphatic heterocycles. The number of aromatic nitrogens is 1. The normalized spacial score (nSPS) is 23.0. The highest BCUT2D eigenvalue weighted by atomic mass is 16.1. The van der Waals surface area contributed by atoms with Crippen LogP contribution in [0.15, 0.2) is 30.5 Å². The number of nitrogens with one attached hydrogen (secondary N) is 2. The Kier molecular flexibility index (Phi) is 3.93. The number of fused-ring (bicyclic) bond motifs is 2. The van der Waals surface area contributed by atoms with Gasteiger partial charge in [-0.1, -0.05) is 31.6 Å². The smallest absolute Gasteiger partial charge is 0.228 e. The minimum atomic E-state index is -0.0612. The predicted octanol–water partition coefficient (Wildman–Crippen LogP) is 2.95. The van der Waals surface area contributed by atoms with Crippen LogP contribution < -0.4 is 5.32 Å². The maximum absolute atomic E-state index is 12.5. The SMILES string of the molecule is CCCCNC(=O)[C@@H]1C=C2c3cccc4[nH]cc(c34)CC2N(C)C1. The van der Waals surface area contributed by atoms with Gasteiger partial charge in [0, 0.05) is 36.2 Å². The van der Waals surface area contributed by atoms with Crippen LogP contribution in [0.4, 0.5) is 0 Å². The largest absolute Gasteiger partial charge is 0.361 e. The molecule has 2 N–H and O–H groups in total. The first-order chi connectivity index (χ1) is 11.7. The highest BCUT2D eigenvalue weighted by Crippen LogP contribution is 2.40. The van der Waals surface area contributed by atoms with E-state index in [4.69, 9.17) is 0 Å². The molecule has 2 atom stereocenters. The van der Waals surface area contributed by atoms with Crippen LogP contribution in [0.1, 0.15) is 30.9 Å². The summed E-state index contributed by atoms with van der Waals surface area (Å²) in [5.74, 6) is 0.0992. The Morgan fingerprint density at radius 3 is 3.12 bits per heavy atom. The van der Waals surface area contributed by atoms with Crippen molar-refractivity contribution in [1.29, 1.82) is 0 Å². The molecule has 0 spiro atoms. The molecule has 2 aliphatic rings. The van der Waals surface area contributed by atoms with E-state index < -0.39 is 0 Å². The third-order valence-corrected chi connectivity index (χ3v) is 5.43. The van der Waals surface area contributed by atoms with Gasteiger partial charge in [-0.3, -0.25) is 9.69 Å². The average Bonchev–Trinajstić information content (AvgIpc) is 3.00. The van der Waals surface area contributed by atoms with Gasteiger partial charge in [0.25, 0.3) is 0 Å². The van der Waals surface area contributed by atoms with E-state index >= 15 is 0 Å². The van der Waals surface area contributed by atoms with Crippen molar-refractivity contribution in [3.8, 4) is 0 Å². The molecule has 4 rings (SSSR count). The second-order valence-electron chi connectivity index (χ2n) is 7.07. The van der Waals surface area contributed by atoms with Gasteiger partial charge in [0.05, 0.1) is 5.92 Å². The zero-order chi connectivity index (χ0) is 16.7. The molecular weight excluding hydrogens is 298 g/mol. The van der Waals surface area contributed by atoms with Crippen LogP contribution in [-0.2, 0) is 11.2 Å². The highest BCUT2D eigenvalue weighted by molar-refractivity contribution is 5.99. The van der Waals surface area contributed by atoms with Crippen LogP contribution in [0.3, 0.4) is 0 Å². The van der Waals surface area contributed by atoms with Crippen molar-refractivity contribution in [3.63, 3.8) is 0 Å². The van der Waals surface area contributed by atoms with E-state index in [1.165, 1.54) is 27.6 Å². The Hall–Kier alpha value is -2.07. The summed E-state index contributed by atoms with van der Waals surface area (Å²) in [4.78, 5) is 18.3. The molecule has 4 heteroatoms. The fourth-order valence-electron chi connectivity index (χ4n) is 4.13. The lowest BCUT2D eigenvalue weighted by Gasteiger charge is -2.39. The number of nitrogens with zero attached hydrogens (tertiary/aromatic N) is 1. The van der Waals surface area contributed by atoms with Gasteiger partial charge < -0.3 is 10.3 Å². The first kappa shape index (κ1) is 15.5. The molecule has 0 radical (unpaired) electrons. The Morgan fingerprint density at radius 2 is 2.29 bits per heavy atom. The lowest BCUT2D eigenvalue weighted by Crippen LogP contribution is -2.46. The molecule has 126 valence electrons. The van der Waals surface area contributed by atoms with E-state index in [1.807, 2.05) is 0 Å². The molecule has 24 heavy (non-hydrogen) atoms. The van der Waals surface area contributed by atoms with Gasteiger partial charge in [0.15, 0.2) is 0 Å². The fraction of sp³-hybridized carbons (Fsp3) is 0.450. The van der Waals surface area contributed by atoms with Crippen molar-refractivity contribution in [1.82, 2.24) is 15.2 Å². The molecule has 0 saturated heterocycles. The first-order valence-corrected chi connectivity index (χ1v) is 8.98. The second kappa shape index (κ2) is 6.10. The van der Waals surface area contributed by atoms with Crippen molar-refractivity contribution in [3.05, 3.63) is 41.6 Å². The molecule has 2 heterocycles. The summed E-state index contributed by atoms with van der Waals surface area (Å²) in [5.41, 5.74) is 5.19. The molecule has 0 bridgehead atoms. The van der Waals surface area contributed by atoms with E-state index in [0.29, 0.717) is 6.04 Å². The zero-order valence-corrected chi connectivity index (χ0v) is 14.4. The number of hydrogen-bond donors (Lipinski definition) is 2. The summed E-state index contributed by atoms with van der Waals surface area (Å²) in [6.07, 6.45) is 7.52. The number of carbonyl (C=O) groups is 1. The van der Waals surface area contributed by atoms with Gasteiger partial charge >= 0.3 is 0 Å². The maximum atomic E-state index is 12.5. The minimum Gasteiger partial charge on any atom is -0.361 e. The van der Waals surface area contributed by atoms with Crippen LogP contribution in [0.5, 0.6) is 0 Å². The lowest BCUT2D eigenvalue weighted by atomic mass is 9.80. The van der Waals surface area contributed by atoms with Crippen molar-refractivity contribution < 1.29 is 4.79 Å². The number of H-pyrrole nitrogens is 1. The number of amides is 1. The lowest BCUT2D eigenvalue weighted by molar-refractivity contribution is -0.124. The van der Waals surface area contributed by atoms with Crippen molar-refractivity contribution >= 4 is 22.4 Å². The predicted molar refractivity (Wildman–Crippen MR) is 97.8 cm³/mol. The van der Waals surface area contributed by atoms with Crippen molar-refractivity contribution in [2.45, 2.75) is 32.2 Å². The van der Waals surface area contributed by atoms with Gasteiger partial charge in [0.2, 0.25) is 5.91 Å². The standard InChI is InChI=1S/C20H25N3O/c1-3-4-8-21-20(24)14-9-16-15-6-5-7-17-19(15)13(11-22-17)10-18(16)23(2)12-14/h5-7,9,11,14,18,22H,3-4,8,10,12H2,1-2H3,(H,21,24)/t14-,18?/m1/s1. The fourth-order valence-corrected chi connectivity index (χ4v) is 4.13. The van der Waals surface area contributed by atoms with E-state index in [-0.39, 0.29) is 11.8 Å². The molecule has 1 aliphatic carbocycles. The Bertz CT molecular complexity index is 804. The summed E-state index contributed by atoms with van der Waals surface area (Å²) < 4.78 is 0. The van der Waals surface area contributed by atoms with Crippen LogP contribution in [0, 0.1) is 5.92 Å². The van der Waals surface area contributed by atoms with Crippen LogP contribution in [0.2, 0.25) is 0 Å². The Labute approximate surface area is 142 Å². The van der Waals surface area contributed by atoms with Crippen LogP contribution >= 0.6 is 0 Å². The highest BCUT2D eigenvalue weighted by Gasteiger charge is 2.35. The van der Waals surface area contributed by atoms with Gasteiger partial charge in [-0.15, -0.1) is 0 Å². The number of aromatic amines is 1. The van der Waals surface area contributed by atoms with Gasteiger partial charge in [0.1, 0.15) is 0 Å². The molecule has 1 unspecified atom stereocenters. The number of likely N-dealkylation sites (N-methyl/N-ethyl adjacent to an activating group) is 1. The van der Waals surface area contributed by atoms with E-state index in [2.05, 4.69) is 59.6 Å². The zero-order valence-electron chi connectivity index (χ0n) is 14.4. The first-order valence-electron chi connectivity index (χ1n) is 8.98. The molecule has 1 aromatic heterocycles. The summed E-state index contributed by atoms with van der Waals surface area (Å²) >= 11 is 0. The van der Waals surface area contributed by atoms with Crippen molar-refractivity contribution in [2.75, 3.05) is 20.1 Å². The molecule has 0 fully saturated rings. The van der Waals surface area contributed by atoms with E-state index in [9.17, 15) is 4.79 Å². The van der Waals surface area contributed by atoms with E-state index in [0.717, 1.165) is 32.4 Å². The molecule has 1 aromatic carbocycles. The quantitative estimate of drug-likeness (QED) is 0.850. The second-order valence-corrected chi connectivity index (χ2v) is 7.07. The van der Waals surface area contributed by atoms with E-state index in [1.54, 1.807) is 0 Å². The van der Waals surface area contributed by atoms with Gasteiger partial charge in [-0.05, 0) is 42.7 Å². The average molecular weight is 323 g/mol. The van der Waals surface area contributed by atoms with Crippen LogP contribution in [0.25, 0.3) is 16.5 Å². The summed E-state index contributed by atoms with van der Waals surface area (Å²) in [7, 11) is 2.14. The Morgan fingerprint density at radius 1 is 1.42 bits per heavy atom. The molecule has 2 aromatic rings. The Balaban J connectivity index is 1.69. The van der Waals surface area contributed by atoms with Crippen LogP contribution in [-0.4, -0.2) is 42.0 Å². The monoisotopic (exact) mass is 323 g/mol. The number of unbranched alkanes of at least 4 members (excludes halogenated alkanes) is 1. The van der Waals surface area contributed by atoms with Gasteiger partial charge in [-0.25, -0.2) is 0 Å². The van der Waals surface area contributed by atoms with Gasteiger partial charge in [-0.2, -0.15) is 0 Å². The third-order valence-electron chi connectivity index (χ3n) is 5.43. The molecular formula is C20H25N3O. The topological polar surface area (TPSA) is 48.1 Å². The number of carbonyl (C=O) groups excluding carboxylic acids is 1. The molecule has 0 saturated carbocycles. The molecule has 4 nitrogen and oxygen atoms in total. The summed E-state index contributed by atoms with van der Waals surface area (Å²) in [6.45, 7) is 3.71. The number of rotatable bonds is 4.